The maximum Gasteiger partial charge on any atom is 0.412 e. The molecule has 0 saturated heterocycles. The quantitative estimate of drug-likeness (QED) is 0.316. The molecule has 6 nitrogen and oxygen atoms in total. The summed E-state index contributed by atoms with van der Waals surface area (Å²) in [4.78, 5) is 24.7. The molecule has 0 aliphatic carbocycles. The molecule has 0 radical (unpaired) electrons. The van der Waals surface area contributed by atoms with Crippen LogP contribution in [-0.2, 0) is 16.1 Å². The summed E-state index contributed by atoms with van der Waals surface area (Å²) in [5, 5.41) is 15.9. The van der Waals surface area contributed by atoms with Crippen molar-refractivity contribution in [1.82, 2.24) is 10.6 Å². The van der Waals surface area contributed by atoms with E-state index >= 15 is 0 Å². The van der Waals surface area contributed by atoms with E-state index in [0.717, 1.165) is 18.4 Å². The van der Waals surface area contributed by atoms with Crippen LogP contribution in [-0.4, -0.2) is 28.7 Å². The van der Waals surface area contributed by atoms with Gasteiger partial charge in [-0.05, 0) is 39.2 Å². The monoisotopic (exact) mass is 418 g/mol. The van der Waals surface area contributed by atoms with Crippen molar-refractivity contribution in [1.29, 1.82) is 0 Å². The molecule has 0 fully saturated rings. The smallest absolute Gasteiger partial charge is 0.412 e. The van der Waals surface area contributed by atoms with Crippen LogP contribution in [0.25, 0.3) is 0 Å². The van der Waals surface area contributed by atoms with Gasteiger partial charge in [-0.25, -0.2) is 4.79 Å². The van der Waals surface area contributed by atoms with Gasteiger partial charge in [0.15, 0.2) is 0 Å². The molecule has 1 unspecified atom stereocenters. The van der Waals surface area contributed by atoms with E-state index in [-0.39, 0.29) is 24.8 Å². The number of alkyl carbamates (subject to hydrolysis) is 1. The van der Waals surface area contributed by atoms with E-state index in [4.69, 9.17) is 4.74 Å². The summed E-state index contributed by atoms with van der Waals surface area (Å²) in [5.41, 5.74) is 0.00871. The second kappa shape index (κ2) is 13.8. The molecule has 0 bridgehead atoms. The van der Waals surface area contributed by atoms with Crippen molar-refractivity contribution >= 4 is 12.0 Å². The van der Waals surface area contributed by atoms with Gasteiger partial charge >= 0.3 is 6.09 Å². The van der Waals surface area contributed by atoms with Crippen LogP contribution in [0.3, 0.4) is 0 Å². The highest BCUT2D eigenvalue weighted by Gasteiger charge is 2.21. The van der Waals surface area contributed by atoms with Gasteiger partial charge in [-0.15, -0.1) is 0 Å². The molecule has 1 aromatic rings. The molecule has 3 N–H and O–H groups in total. The molecule has 168 valence electrons. The van der Waals surface area contributed by atoms with Crippen LogP contribution >= 0.6 is 0 Å². The number of carbonyl (C=O) groups excluding carboxylic acids is 2. The van der Waals surface area contributed by atoms with E-state index in [2.05, 4.69) is 17.6 Å². The normalized spacial score (nSPS) is 13.6. The Hall–Kier alpha value is -2.34. The Labute approximate surface area is 181 Å². The predicted molar refractivity (Wildman–Crippen MR) is 120 cm³/mol. The summed E-state index contributed by atoms with van der Waals surface area (Å²) in [6.07, 6.45) is 7.34. The molecule has 0 aliphatic rings. The molecule has 0 aromatic heterocycles. The van der Waals surface area contributed by atoms with Crippen molar-refractivity contribution in [3.63, 3.8) is 0 Å². The lowest BCUT2D eigenvalue weighted by atomic mass is 9.94. The number of amides is 2. The number of ether oxygens (including phenoxy) is 1. The van der Waals surface area contributed by atoms with E-state index < -0.39 is 17.6 Å². The summed E-state index contributed by atoms with van der Waals surface area (Å²) in [7, 11) is 0. The van der Waals surface area contributed by atoms with Crippen molar-refractivity contribution in [3.8, 4) is 0 Å². The number of hydrogen-bond donors (Lipinski definition) is 3. The van der Waals surface area contributed by atoms with Crippen LogP contribution in [0.5, 0.6) is 0 Å². The maximum atomic E-state index is 12.5. The zero-order chi connectivity index (χ0) is 22.4. The van der Waals surface area contributed by atoms with Gasteiger partial charge in [-0.1, -0.05) is 75.4 Å². The number of benzene rings is 1. The largest absolute Gasteiger partial charge is 0.444 e. The molecule has 1 atom stereocenters. The molecule has 6 heteroatoms. The van der Waals surface area contributed by atoms with Gasteiger partial charge in [0.25, 0.3) is 5.91 Å². The first-order valence-corrected chi connectivity index (χ1v) is 10.9. The molecule has 1 rings (SSSR count). The summed E-state index contributed by atoms with van der Waals surface area (Å²) < 4.78 is 5.21. The van der Waals surface area contributed by atoms with Crippen LogP contribution in [0.2, 0.25) is 0 Å². The molecule has 2 amide bonds. The minimum absolute atomic E-state index is 0.0814. The van der Waals surface area contributed by atoms with E-state index in [9.17, 15) is 14.7 Å². The molecular weight excluding hydrogens is 380 g/mol. The fourth-order valence-corrected chi connectivity index (χ4v) is 2.94. The van der Waals surface area contributed by atoms with Crippen molar-refractivity contribution in [2.75, 3.05) is 0 Å². The molecular formula is C24H38N2O4. The Morgan fingerprint density at radius 3 is 2.43 bits per heavy atom. The van der Waals surface area contributed by atoms with E-state index in [1.165, 1.54) is 19.3 Å². The van der Waals surface area contributed by atoms with Gasteiger partial charge in [0.2, 0.25) is 0 Å². The van der Waals surface area contributed by atoms with Gasteiger partial charge in [0.05, 0.1) is 5.60 Å². The number of rotatable bonds is 13. The van der Waals surface area contributed by atoms with Crippen molar-refractivity contribution in [2.24, 2.45) is 0 Å². The number of hydrogen-bond acceptors (Lipinski definition) is 4. The van der Waals surface area contributed by atoms with E-state index in [0.29, 0.717) is 6.42 Å². The molecule has 0 spiro atoms. The number of nitrogens with one attached hydrogen (secondary N) is 2. The lowest BCUT2D eigenvalue weighted by Gasteiger charge is -2.22. The van der Waals surface area contributed by atoms with Gasteiger partial charge in [-0.3, -0.25) is 10.1 Å². The first-order valence-electron chi connectivity index (χ1n) is 10.9. The summed E-state index contributed by atoms with van der Waals surface area (Å²) >= 11 is 0. The number of carbonyl (C=O) groups is 2. The second-order valence-electron chi connectivity index (χ2n) is 8.30. The molecule has 1 aromatic carbocycles. The average Bonchev–Trinajstić information content (AvgIpc) is 2.69. The van der Waals surface area contributed by atoms with Crippen LogP contribution in [0.4, 0.5) is 4.79 Å². The van der Waals surface area contributed by atoms with Crippen molar-refractivity contribution in [2.45, 2.75) is 90.9 Å². The lowest BCUT2D eigenvalue weighted by molar-refractivity contribution is -0.118. The fraction of sp³-hybridized carbons (Fsp3) is 0.583. The maximum absolute atomic E-state index is 12.5. The van der Waals surface area contributed by atoms with Gasteiger partial charge in [0.1, 0.15) is 12.3 Å². The van der Waals surface area contributed by atoms with E-state index in [1.54, 1.807) is 13.0 Å². The topological polar surface area (TPSA) is 87.7 Å². The number of unbranched alkanes of at least 4 members (excludes halogenated alkanes) is 4. The summed E-state index contributed by atoms with van der Waals surface area (Å²) in [6.45, 7) is 7.73. The standard InChI is InChI=1S/C24H38N2O4/c1-5-6-7-8-12-16-24(4,29)17-15-21(22(27)25-19(2)3)26-23(28)30-18-20-13-10-9-11-14-20/h9-11,13-15,19,29H,5-8,12,16-18H2,1-4H3,(H,25,27)(H,26,28)/b21-15+. The molecule has 0 saturated carbocycles. The summed E-state index contributed by atoms with van der Waals surface area (Å²) in [5.74, 6) is -0.402. The highest BCUT2D eigenvalue weighted by Crippen LogP contribution is 2.20. The minimum atomic E-state index is -0.939. The third kappa shape index (κ3) is 11.6. The third-order valence-electron chi connectivity index (χ3n) is 4.68. The zero-order valence-corrected chi connectivity index (χ0v) is 18.9. The highest BCUT2D eigenvalue weighted by atomic mass is 16.5. The van der Waals surface area contributed by atoms with Gasteiger partial charge in [0, 0.05) is 6.04 Å². The fourth-order valence-electron chi connectivity index (χ4n) is 2.94. The Morgan fingerprint density at radius 2 is 1.80 bits per heavy atom. The second-order valence-corrected chi connectivity index (χ2v) is 8.30. The lowest BCUT2D eigenvalue weighted by Crippen LogP contribution is -2.38. The Kier molecular flexibility index (Phi) is 11.8. The van der Waals surface area contributed by atoms with E-state index in [1.807, 2.05) is 44.2 Å². The van der Waals surface area contributed by atoms with Crippen LogP contribution in [0.1, 0.15) is 78.2 Å². The Balaban J connectivity index is 2.66. The zero-order valence-electron chi connectivity index (χ0n) is 18.9. The summed E-state index contributed by atoms with van der Waals surface area (Å²) in [6, 6.07) is 9.24. The molecule has 0 heterocycles. The Morgan fingerprint density at radius 1 is 1.13 bits per heavy atom. The predicted octanol–water partition coefficient (Wildman–Crippen LogP) is 4.82. The first kappa shape index (κ1) is 25.7. The minimum Gasteiger partial charge on any atom is -0.444 e. The van der Waals surface area contributed by atoms with Crippen LogP contribution < -0.4 is 10.6 Å². The average molecular weight is 419 g/mol. The highest BCUT2D eigenvalue weighted by molar-refractivity contribution is 5.96. The molecule has 30 heavy (non-hydrogen) atoms. The first-order chi connectivity index (χ1) is 14.2. The van der Waals surface area contributed by atoms with Crippen LogP contribution in [0.15, 0.2) is 42.1 Å². The molecule has 0 aliphatic heterocycles. The third-order valence-corrected chi connectivity index (χ3v) is 4.68. The number of aliphatic hydroxyl groups is 1. The van der Waals surface area contributed by atoms with Crippen molar-refractivity contribution < 1.29 is 19.4 Å². The SMILES string of the molecule is CCCCCCCC(C)(O)C/C=C(/NC(=O)OCc1ccccc1)C(=O)NC(C)C. The van der Waals surface area contributed by atoms with Gasteiger partial charge in [-0.2, -0.15) is 0 Å². The Bertz CT molecular complexity index is 669. The van der Waals surface area contributed by atoms with Gasteiger partial charge < -0.3 is 15.2 Å². The van der Waals surface area contributed by atoms with Crippen molar-refractivity contribution in [3.05, 3.63) is 47.7 Å². The van der Waals surface area contributed by atoms with Crippen LogP contribution in [0, 0.1) is 0 Å².